The van der Waals surface area contributed by atoms with Gasteiger partial charge in [0.05, 0.1) is 5.56 Å². The van der Waals surface area contributed by atoms with E-state index in [1.54, 1.807) is 6.92 Å². The van der Waals surface area contributed by atoms with Crippen molar-refractivity contribution in [2.24, 2.45) is 0 Å². The molecule has 1 amide bonds. The van der Waals surface area contributed by atoms with Crippen LogP contribution in [0.5, 0.6) is 0 Å². The molecule has 0 heterocycles. The molecule has 0 spiro atoms. The fourth-order valence-corrected chi connectivity index (χ4v) is 2.61. The summed E-state index contributed by atoms with van der Waals surface area (Å²) in [6.07, 6.45) is 0. The summed E-state index contributed by atoms with van der Waals surface area (Å²) < 4.78 is 54.9. The van der Waals surface area contributed by atoms with Gasteiger partial charge < -0.3 is 5.32 Å². The maximum atomic E-state index is 13.8. The molecule has 0 aliphatic carbocycles. The molecule has 0 aliphatic rings. The van der Waals surface area contributed by atoms with E-state index < -0.39 is 34.7 Å². The second-order valence-corrected chi connectivity index (χ2v) is 6.31. The first-order valence-electron chi connectivity index (χ1n) is 8.56. The highest BCUT2D eigenvalue weighted by Crippen LogP contribution is 2.19. The number of carbonyl (C=O) groups is 1. The summed E-state index contributed by atoms with van der Waals surface area (Å²) in [5, 5.41) is 11.0. The van der Waals surface area contributed by atoms with Gasteiger partial charge in [-0.2, -0.15) is 5.26 Å². The van der Waals surface area contributed by atoms with E-state index in [0.717, 1.165) is 12.1 Å². The smallest absolute Gasteiger partial charge is 0.255 e. The molecule has 0 saturated carbocycles. The van der Waals surface area contributed by atoms with Crippen LogP contribution in [-0.4, -0.2) is 5.91 Å². The van der Waals surface area contributed by atoms with Crippen molar-refractivity contribution in [1.82, 2.24) is 0 Å². The van der Waals surface area contributed by atoms with Gasteiger partial charge in [-0.1, -0.05) is 11.8 Å². The number of anilines is 1. The van der Waals surface area contributed by atoms with E-state index in [1.165, 1.54) is 42.5 Å². The molecule has 0 fully saturated rings. The first-order valence-corrected chi connectivity index (χ1v) is 8.56. The molecule has 0 atom stereocenters. The lowest BCUT2D eigenvalue weighted by atomic mass is 10.1. The zero-order valence-electron chi connectivity index (χ0n) is 15.5. The Balaban J connectivity index is 1.77. The molecule has 3 aromatic rings. The van der Waals surface area contributed by atoms with Gasteiger partial charge in [0.15, 0.2) is 0 Å². The van der Waals surface area contributed by atoms with Crippen molar-refractivity contribution >= 4 is 11.6 Å². The summed E-state index contributed by atoms with van der Waals surface area (Å²) in [6, 6.07) is 11.1. The Hall–Kier alpha value is -4.10. The first-order chi connectivity index (χ1) is 14.3. The fourth-order valence-electron chi connectivity index (χ4n) is 2.61. The van der Waals surface area contributed by atoms with E-state index in [1.807, 2.05) is 0 Å². The van der Waals surface area contributed by atoms with Crippen LogP contribution in [0.1, 0.15) is 32.6 Å². The molecule has 148 valence electrons. The molecule has 0 radical (unpaired) electrons. The molecule has 0 unspecified atom stereocenters. The monoisotopic (exact) mass is 408 g/mol. The van der Waals surface area contributed by atoms with Gasteiger partial charge in [0.25, 0.3) is 5.91 Å². The van der Waals surface area contributed by atoms with Crippen LogP contribution in [0.4, 0.5) is 23.2 Å². The minimum Gasteiger partial charge on any atom is -0.322 e. The Kier molecular flexibility index (Phi) is 5.85. The Labute approximate surface area is 169 Å². The van der Waals surface area contributed by atoms with Gasteiger partial charge in [-0.25, -0.2) is 17.6 Å². The van der Waals surface area contributed by atoms with Crippen molar-refractivity contribution in [3.8, 4) is 17.9 Å². The maximum Gasteiger partial charge on any atom is 0.255 e. The molecule has 0 bridgehead atoms. The van der Waals surface area contributed by atoms with Crippen molar-refractivity contribution in [2.45, 2.75) is 6.92 Å². The number of nitriles is 1. The topological polar surface area (TPSA) is 52.9 Å². The summed E-state index contributed by atoms with van der Waals surface area (Å²) in [4.78, 5) is 12.2. The number of rotatable bonds is 2. The van der Waals surface area contributed by atoms with Gasteiger partial charge in [-0.3, -0.25) is 4.79 Å². The van der Waals surface area contributed by atoms with Gasteiger partial charge in [-0.15, -0.1) is 0 Å². The zero-order valence-corrected chi connectivity index (χ0v) is 15.5. The summed E-state index contributed by atoms with van der Waals surface area (Å²) >= 11 is 0. The second kappa shape index (κ2) is 8.50. The van der Waals surface area contributed by atoms with Crippen molar-refractivity contribution in [3.63, 3.8) is 0 Å². The third-order valence-corrected chi connectivity index (χ3v) is 4.08. The molecule has 3 nitrogen and oxygen atoms in total. The van der Waals surface area contributed by atoms with Crippen LogP contribution in [0.15, 0.2) is 48.5 Å². The van der Waals surface area contributed by atoms with Crippen LogP contribution in [0.2, 0.25) is 0 Å². The number of hydrogen-bond acceptors (Lipinski definition) is 2. The van der Waals surface area contributed by atoms with E-state index in [4.69, 9.17) is 5.26 Å². The summed E-state index contributed by atoms with van der Waals surface area (Å²) in [5.41, 5.74) is -0.236. The number of aryl methyl sites for hydroxylation is 1. The van der Waals surface area contributed by atoms with Crippen molar-refractivity contribution in [1.29, 1.82) is 5.26 Å². The van der Waals surface area contributed by atoms with Crippen molar-refractivity contribution in [3.05, 3.63) is 99.6 Å². The number of nitrogens with one attached hydrogen (secondary N) is 1. The summed E-state index contributed by atoms with van der Waals surface area (Å²) in [5.74, 6) is 0.686. The van der Waals surface area contributed by atoms with Crippen LogP contribution in [0.25, 0.3) is 0 Å². The molecule has 0 aliphatic heterocycles. The third-order valence-electron chi connectivity index (χ3n) is 4.08. The molecular formula is C23H12F4N2O. The van der Waals surface area contributed by atoms with E-state index >= 15 is 0 Å². The quantitative estimate of drug-likeness (QED) is 0.475. The largest absolute Gasteiger partial charge is 0.322 e. The molecule has 0 saturated heterocycles. The van der Waals surface area contributed by atoms with Gasteiger partial charge in [0, 0.05) is 16.8 Å². The zero-order chi connectivity index (χ0) is 21.8. The summed E-state index contributed by atoms with van der Waals surface area (Å²) in [7, 11) is 0. The Morgan fingerprint density at radius 3 is 1.90 bits per heavy atom. The van der Waals surface area contributed by atoms with Crippen molar-refractivity contribution in [2.75, 3.05) is 5.32 Å². The average molecular weight is 408 g/mol. The van der Waals surface area contributed by atoms with Crippen LogP contribution in [0, 0.1) is 53.4 Å². The molecular weight excluding hydrogens is 396 g/mol. The number of carbonyl (C=O) groups excluding carboxylic acids is 1. The van der Waals surface area contributed by atoms with Crippen LogP contribution in [0.3, 0.4) is 0 Å². The van der Waals surface area contributed by atoms with E-state index in [2.05, 4.69) is 17.2 Å². The first kappa shape index (κ1) is 20.6. The average Bonchev–Trinajstić information content (AvgIpc) is 2.67. The number of hydrogen-bond donors (Lipinski definition) is 1. The lowest BCUT2D eigenvalue weighted by Crippen LogP contribution is -2.12. The van der Waals surface area contributed by atoms with Gasteiger partial charge in [0.2, 0.25) is 0 Å². The molecule has 0 aromatic heterocycles. The standard InChI is InChI=1S/C23H12F4N2O/c1-13-8-19(24)17(20(25)9-13)7-4-14-2-5-15(6-3-14)23(30)29-16-10-21(26)18(12-28)22(27)11-16/h2-3,5-6,8-11H,1H3,(H,29,30). The van der Waals surface area contributed by atoms with Gasteiger partial charge in [-0.05, 0) is 61.0 Å². The lowest BCUT2D eigenvalue weighted by molar-refractivity contribution is 0.102. The predicted octanol–water partition coefficient (Wildman–Crippen LogP) is 5.08. The third kappa shape index (κ3) is 4.48. The molecule has 3 rings (SSSR count). The normalized spacial score (nSPS) is 10.0. The summed E-state index contributed by atoms with van der Waals surface area (Å²) in [6.45, 7) is 1.56. The minimum atomic E-state index is -1.09. The van der Waals surface area contributed by atoms with E-state index in [-0.39, 0.29) is 16.8 Å². The Bertz CT molecular complexity index is 1200. The van der Waals surface area contributed by atoms with E-state index in [0.29, 0.717) is 11.1 Å². The predicted molar refractivity (Wildman–Crippen MR) is 103 cm³/mol. The van der Waals surface area contributed by atoms with Gasteiger partial charge >= 0.3 is 0 Å². The molecule has 30 heavy (non-hydrogen) atoms. The van der Waals surface area contributed by atoms with Gasteiger partial charge in [0.1, 0.15) is 34.9 Å². The highest BCUT2D eigenvalue weighted by atomic mass is 19.1. The highest BCUT2D eigenvalue weighted by molar-refractivity contribution is 6.04. The molecule has 7 heteroatoms. The number of halogens is 4. The SMILES string of the molecule is Cc1cc(F)c(C#Cc2ccc(C(=O)Nc3cc(F)c(C#N)c(F)c3)cc2)c(F)c1. The fraction of sp³-hybridized carbons (Fsp3) is 0.0435. The lowest BCUT2D eigenvalue weighted by Gasteiger charge is -2.07. The molecule has 3 aromatic carbocycles. The van der Waals surface area contributed by atoms with E-state index in [9.17, 15) is 22.4 Å². The minimum absolute atomic E-state index is 0.150. The van der Waals surface area contributed by atoms with Crippen LogP contribution < -0.4 is 5.32 Å². The second-order valence-electron chi connectivity index (χ2n) is 6.31. The highest BCUT2D eigenvalue weighted by Gasteiger charge is 2.13. The maximum absolute atomic E-state index is 13.8. The number of amides is 1. The Morgan fingerprint density at radius 2 is 1.37 bits per heavy atom. The Morgan fingerprint density at radius 1 is 0.833 bits per heavy atom. The number of benzene rings is 3. The van der Waals surface area contributed by atoms with Crippen molar-refractivity contribution < 1.29 is 22.4 Å². The van der Waals surface area contributed by atoms with Crippen LogP contribution >= 0.6 is 0 Å². The van der Waals surface area contributed by atoms with Crippen LogP contribution in [-0.2, 0) is 0 Å². The number of nitrogens with zero attached hydrogens (tertiary/aromatic N) is 1. The molecule has 1 N–H and O–H groups in total.